The number of nitrogens with zero attached hydrogens (tertiary/aromatic N) is 2. The Morgan fingerprint density at radius 2 is 1.75 bits per heavy atom. The highest BCUT2D eigenvalue weighted by molar-refractivity contribution is 9.10. The second-order valence-corrected chi connectivity index (χ2v) is 8.13. The van der Waals surface area contributed by atoms with Crippen LogP contribution in [-0.4, -0.2) is 40.8 Å². The van der Waals surface area contributed by atoms with E-state index in [1.54, 1.807) is 26.0 Å². The maximum Gasteiger partial charge on any atom is 0.335 e. The van der Waals surface area contributed by atoms with Gasteiger partial charge in [-0.25, -0.2) is 4.79 Å². The molecular weight excluding hydrogens is 484 g/mol. The Balaban J connectivity index is 1.93. The quantitative estimate of drug-likeness (QED) is 0.185. The van der Waals surface area contributed by atoms with Gasteiger partial charge in [0.05, 0.1) is 27.6 Å². The predicted molar refractivity (Wildman–Crippen MR) is 118 cm³/mol. The Labute approximate surface area is 191 Å². The average molecular weight is 503 g/mol. The normalized spacial score (nSPS) is 14.1. The molecule has 3 rings (SSSR count). The van der Waals surface area contributed by atoms with Crippen LogP contribution in [0.3, 0.4) is 0 Å². The summed E-state index contributed by atoms with van der Waals surface area (Å²) in [4.78, 5) is 49.8. The molecule has 0 aliphatic carbocycles. The van der Waals surface area contributed by atoms with E-state index in [1.165, 1.54) is 37.5 Å². The van der Waals surface area contributed by atoms with Crippen molar-refractivity contribution in [3.05, 3.63) is 73.9 Å². The molecule has 1 heterocycles. The first-order valence-electron chi connectivity index (χ1n) is 9.53. The van der Waals surface area contributed by atoms with Crippen LogP contribution in [0.25, 0.3) is 6.08 Å². The largest absolute Gasteiger partial charge is 0.493 e. The van der Waals surface area contributed by atoms with Gasteiger partial charge in [0, 0.05) is 6.08 Å². The lowest BCUT2D eigenvalue weighted by atomic mass is 10.0. The highest BCUT2D eigenvalue weighted by atomic mass is 79.9. The molecule has 10 heteroatoms. The van der Waals surface area contributed by atoms with Crippen molar-refractivity contribution in [1.82, 2.24) is 4.90 Å². The first kappa shape index (κ1) is 23.1. The van der Waals surface area contributed by atoms with Gasteiger partial charge in [-0.15, -0.1) is 0 Å². The molecule has 0 bridgehead atoms. The van der Waals surface area contributed by atoms with Crippen molar-refractivity contribution in [1.29, 1.82) is 0 Å². The van der Waals surface area contributed by atoms with Gasteiger partial charge in [-0.2, -0.15) is 0 Å². The smallest absolute Gasteiger partial charge is 0.335 e. The number of carbonyl (C=O) groups is 3. The van der Waals surface area contributed by atoms with Crippen molar-refractivity contribution in [3.63, 3.8) is 0 Å². The number of benzene rings is 2. The number of amides is 2. The van der Waals surface area contributed by atoms with Gasteiger partial charge >= 0.3 is 5.97 Å². The predicted octanol–water partition coefficient (Wildman–Crippen LogP) is 3.93. The van der Waals surface area contributed by atoms with Crippen molar-refractivity contribution in [3.8, 4) is 11.5 Å². The lowest BCUT2D eigenvalue weighted by Gasteiger charge is -2.27. The Bertz CT molecular complexity index is 1110. The highest BCUT2D eigenvalue weighted by Gasteiger charge is 2.45. The monoisotopic (exact) mass is 502 g/mol. The Morgan fingerprint density at radius 3 is 2.25 bits per heavy atom. The van der Waals surface area contributed by atoms with Gasteiger partial charge in [-0.3, -0.25) is 24.6 Å². The number of imide groups is 1. The summed E-state index contributed by atoms with van der Waals surface area (Å²) in [5.74, 6) is -2.21. The van der Waals surface area contributed by atoms with Crippen molar-refractivity contribution in [2.24, 2.45) is 5.92 Å². The number of fused-ring (bicyclic) bond motifs is 1. The lowest BCUT2D eigenvalue weighted by Crippen LogP contribution is -2.49. The summed E-state index contributed by atoms with van der Waals surface area (Å²) in [7, 11) is 1.35. The second kappa shape index (κ2) is 9.31. The summed E-state index contributed by atoms with van der Waals surface area (Å²) >= 11 is 3.28. The fraction of sp³-hybridized carbons (Fsp3) is 0.227. The van der Waals surface area contributed by atoms with Crippen LogP contribution in [0.5, 0.6) is 11.5 Å². The second-order valence-electron chi connectivity index (χ2n) is 7.27. The number of carbonyl (C=O) groups excluding carboxylic acids is 3. The molecule has 2 amide bonds. The van der Waals surface area contributed by atoms with Gasteiger partial charge in [-0.1, -0.05) is 26.0 Å². The van der Waals surface area contributed by atoms with Gasteiger partial charge in [-0.05, 0) is 51.7 Å². The summed E-state index contributed by atoms with van der Waals surface area (Å²) in [6.07, 6.45) is 2.03. The molecule has 0 saturated carbocycles. The van der Waals surface area contributed by atoms with Crippen molar-refractivity contribution >= 4 is 39.8 Å². The van der Waals surface area contributed by atoms with Crippen LogP contribution in [0.1, 0.15) is 40.1 Å². The highest BCUT2D eigenvalue weighted by Crippen LogP contribution is 2.38. The number of halogens is 1. The zero-order chi connectivity index (χ0) is 23.6. The molecule has 0 fully saturated rings. The average Bonchev–Trinajstić information content (AvgIpc) is 2.99. The van der Waals surface area contributed by atoms with Crippen LogP contribution in [0.15, 0.2) is 47.1 Å². The molecule has 0 spiro atoms. The summed E-state index contributed by atoms with van der Waals surface area (Å²) in [6.45, 7) is 3.40. The molecule has 1 aliphatic rings. The molecule has 0 saturated heterocycles. The van der Waals surface area contributed by atoms with Gasteiger partial charge in [0.1, 0.15) is 6.04 Å². The Kier molecular flexibility index (Phi) is 6.73. The van der Waals surface area contributed by atoms with E-state index in [9.17, 15) is 24.5 Å². The third-order valence-electron chi connectivity index (χ3n) is 4.82. The number of hydrogen-bond acceptors (Lipinski definition) is 7. The molecule has 0 N–H and O–H groups in total. The van der Waals surface area contributed by atoms with E-state index in [2.05, 4.69) is 15.9 Å². The SMILES string of the molecule is COc1cc(/C=C/[N+](=O)[O-])cc(Br)c1OC(=O)C(C(C)C)N1C(=O)c2ccccc2C1=O. The summed E-state index contributed by atoms with van der Waals surface area (Å²) in [5, 5.41) is 10.6. The fourth-order valence-corrected chi connectivity index (χ4v) is 3.92. The van der Waals surface area contributed by atoms with Crippen LogP contribution in [0.4, 0.5) is 0 Å². The zero-order valence-corrected chi connectivity index (χ0v) is 19.0. The number of esters is 1. The van der Waals surface area contributed by atoms with Crippen LogP contribution in [0, 0.1) is 16.0 Å². The molecule has 9 nitrogen and oxygen atoms in total. The molecule has 2 aromatic carbocycles. The van der Waals surface area contributed by atoms with Crippen molar-refractivity contribution < 1.29 is 28.8 Å². The molecule has 0 radical (unpaired) electrons. The van der Waals surface area contributed by atoms with Gasteiger partial charge in [0.25, 0.3) is 11.8 Å². The molecular formula is C22H19BrN2O7. The van der Waals surface area contributed by atoms with E-state index < -0.39 is 34.7 Å². The van der Waals surface area contributed by atoms with Gasteiger partial charge in [0.15, 0.2) is 11.5 Å². The number of methoxy groups -OCH3 is 1. The maximum atomic E-state index is 13.2. The van der Waals surface area contributed by atoms with E-state index in [-0.39, 0.29) is 22.6 Å². The topological polar surface area (TPSA) is 116 Å². The van der Waals surface area contributed by atoms with Crippen LogP contribution < -0.4 is 9.47 Å². The Hall–Kier alpha value is -3.53. The molecule has 2 aromatic rings. The van der Waals surface area contributed by atoms with Crippen molar-refractivity contribution in [2.45, 2.75) is 19.9 Å². The van der Waals surface area contributed by atoms with Crippen LogP contribution in [-0.2, 0) is 4.79 Å². The number of nitro groups is 1. The number of rotatable bonds is 7. The first-order valence-corrected chi connectivity index (χ1v) is 10.3. The maximum absolute atomic E-state index is 13.2. The first-order chi connectivity index (χ1) is 15.1. The number of hydrogen-bond donors (Lipinski definition) is 0. The molecule has 0 aromatic heterocycles. The minimum Gasteiger partial charge on any atom is -0.493 e. The van der Waals surface area contributed by atoms with E-state index in [1.807, 2.05) is 0 Å². The van der Waals surface area contributed by atoms with E-state index in [0.717, 1.165) is 11.1 Å². The summed E-state index contributed by atoms with van der Waals surface area (Å²) in [5.41, 5.74) is 0.902. The summed E-state index contributed by atoms with van der Waals surface area (Å²) in [6, 6.07) is 8.16. The molecule has 1 atom stereocenters. The Morgan fingerprint density at radius 1 is 1.16 bits per heavy atom. The molecule has 32 heavy (non-hydrogen) atoms. The van der Waals surface area contributed by atoms with Crippen LogP contribution in [0.2, 0.25) is 0 Å². The summed E-state index contributed by atoms with van der Waals surface area (Å²) < 4.78 is 11.1. The fourth-order valence-electron chi connectivity index (χ4n) is 3.38. The third kappa shape index (κ3) is 4.40. The minimum absolute atomic E-state index is 0.0259. The van der Waals surface area contributed by atoms with Gasteiger partial charge in [0.2, 0.25) is 6.20 Å². The third-order valence-corrected chi connectivity index (χ3v) is 5.41. The van der Waals surface area contributed by atoms with Crippen molar-refractivity contribution in [2.75, 3.05) is 7.11 Å². The lowest BCUT2D eigenvalue weighted by molar-refractivity contribution is -0.400. The molecule has 1 aliphatic heterocycles. The van der Waals surface area contributed by atoms with Gasteiger partial charge < -0.3 is 9.47 Å². The number of ether oxygens (including phenoxy) is 2. The zero-order valence-electron chi connectivity index (χ0n) is 17.4. The minimum atomic E-state index is -1.17. The molecule has 1 unspecified atom stereocenters. The molecule has 166 valence electrons. The van der Waals surface area contributed by atoms with E-state index >= 15 is 0 Å². The standard InChI is InChI=1S/C22H19BrN2O7/c1-12(2)18(25-20(26)14-6-4-5-7-15(14)21(25)27)22(28)32-19-16(23)10-13(8-9-24(29)30)11-17(19)31-3/h4-12,18H,1-3H3/b9-8+. The van der Waals surface area contributed by atoms with E-state index in [4.69, 9.17) is 9.47 Å². The van der Waals surface area contributed by atoms with E-state index in [0.29, 0.717) is 10.0 Å². The van der Waals surface area contributed by atoms with Crippen LogP contribution >= 0.6 is 15.9 Å².